The number of fused-ring (bicyclic) bond motifs is 8. The van der Waals surface area contributed by atoms with Crippen LogP contribution in [0.5, 0.6) is 0 Å². The molecule has 0 unspecified atom stereocenters. The van der Waals surface area contributed by atoms with Gasteiger partial charge in [0.1, 0.15) is 6.10 Å². The van der Waals surface area contributed by atoms with E-state index >= 15 is 0 Å². The fraction of sp³-hybridized carbons (Fsp3) is 0.532. The summed E-state index contributed by atoms with van der Waals surface area (Å²) in [6, 6.07) is 18.6. The first-order valence-corrected chi connectivity index (χ1v) is 20.4. The highest BCUT2D eigenvalue weighted by Crippen LogP contribution is 2.59. The minimum absolute atomic E-state index is 0.0287. The summed E-state index contributed by atoms with van der Waals surface area (Å²) in [5.41, 5.74) is 1.79. The summed E-state index contributed by atoms with van der Waals surface area (Å²) in [7, 11) is 0. The maximum absolute atomic E-state index is 14.5. The number of aliphatic hydroxyl groups is 2. The highest BCUT2D eigenvalue weighted by molar-refractivity contribution is 6.10. The average molecular weight is 756 g/mol. The Morgan fingerprint density at radius 2 is 1.73 bits per heavy atom. The first-order valence-electron chi connectivity index (χ1n) is 20.4. The fourth-order valence-electron chi connectivity index (χ4n) is 9.75. The number of hydrogen-bond donors (Lipinski definition) is 2. The van der Waals surface area contributed by atoms with Crippen molar-refractivity contribution in [1.29, 1.82) is 0 Å². The molecule has 7 atom stereocenters. The van der Waals surface area contributed by atoms with Crippen molar-refractivity contribution >= 4 is 11.9 Å². The smallest absolute Gasteiger partial charge is 0.410 e. The summed E-state index contributed by atoms with van der Waals surface area (Å²) in [6.45, 7) is 11.1. The molecule has 1 amide bonds. The summed E-state index contributed by atoms with van der Waals surface area (Å²) >= 11 is 0. The fourth-order valence-corrected chi connectivity index (χ4v) is 9.75. The summed E-state index contributed by atoms with van der Waals surface area (Å²) in [4.78, 5) is 30.4. The van der Waals surface area contributed by atoms with Gasteiger partial charge in [-0.1, -0.05) is 88.2 Å². The lowest BCUT2D eigenvalue weighted by Crippen LogP contribution is -2.54. The van der Waals surface area contributed by atoms with Gasteiger partial charge in [-0.3, -0.25) is 4.79 Å². The zero-order valence-corrected chi connectivity index (χ0v) is 33.2. The van der Waals surface area contributed by atoms with E-state index in [2.05, 4.69) is 40.7 Å². The molecule has 0 spiro atoms. The van der Waals surface area contributed by atoms with Crippen LogP contribution in [0.25, 0.3) is 0 Å². The van der Waals surface area contributed by atoms with Gasteiger partial charge in [-0.15, -0.1) is 0 Å². The van der Waals surface area contributed by atoms with Crippen molar-refractivity contribution in [2.75, 3.05) is 6.54 Å². The molecule has 6 nitrogen and oxygen atoms in total. The molecule has 2 saturated carbocycles. The number of benzene rings is 3. The van der Waals surface area contributed by atoms with Gasteiger partial charge in [-0.05, 0) is 129 Å². The van der Waals surface area contributed by atoms with E-state index in [1.165, 1.54) is 6.07 Å². The molecule has 3 aromatic carbocycles. The predicted molar refractivity (Wildman–Crippen MR) is 212 cm³/mol. The van der Waals surface area contributed by atoms with Gasteiger partial charge in [-0.2, -0.15) is 0 Å². The number of aliphatic hydroxyl groups excluding tert-OH is 1. The van der Waals surface area contributed by atoms with Gasteiger partial charge in [0, 0.05) is 23.1 Å². The lowest BCUT2D eigenvalue weighted by molar-refractivity contribution is -0.0876. The largest absolute Gasteiger partial charge is 0.446 e. The van der Waals surface area contributed by atoms with Crippen LogP contribution in [0.1, 0.15) is 131 Å². The van der Waals surface area contributed by atoms with Crippen molar-refractivity contribution in [2.45, 2.75) is 129 Å². The Morgan fingerprint density at radius 1 is 0.964 bits per heavy atom. The topological polar surface area (TPSA) is 87.1 Å². The minimum atomic E-state index is -1.36. The maximum Gasteiger partial charge on any atom is 0.410 e. The molecule has 2 N–H and O–H groups in total. The third kappa shape index (κ3) is 9.07. The monoisotopic (exact) mass is 755 g/mol. The van der Waals surface area contributed by atoms with Crippen LogP contribution in [0, 0.1) is 34.8 Å². The average Bonchev–Trinajstić information content (AvgIpc) is 3.40. The number of ether oxygens (including phenoxy) is 1. The molecule has 4 aliphatic carbocycles. The number of carbonyl (C=O) groups is 2. The quantitative estimate of drug-likeness (QED) is 0.177. The van der Waals surface area contributed by atoms with Gasteiger partial charge in [0.05, 0.1) is 18.2 Å². The van der Waals surface area contributed by atoms with E-state index < -0.39 is 40.6 Å². The number of halogens is 2. The van der Waals surface area contributed by atoms with E-state index in [0.29, 0.717) is 62.3 Å². The van der Waals surface area contributed by atoms with Gasteiger partial charge >= 0.3 is 6.09 Å². The number of ketones is 1. The minimum Gasteiger partial charge on any atom is -0.446 e. The molecule has 0 radical (unpaired) electrons. The molecule has 0 aromatic heterocycles. The summed E-state index contributed by atoms with van der Waals surface area (Å²) in [6.07, 6.45) is 7.60. The first kappa shape index (κ1) is 40.8. The van der Waals surface area contributed by atoms with Crippen LogP contribution < -0.4 is 0 Å². The molecular weight excluding hydrogens is 697 g/mol. The zero-order chi connectivity index (χ0) is 39.5. The van der Waals surface area contributed by atoms with Crippen LogP contribution in [0.4, 0.5) is 13.6 Å². The molecule has 7 rings (SSSR count). The predicted octanol–water partition coefficient (Wildman–Crippen LogP) is 10.3. The molecular formula is C47H59F2NO5. The van der Waals surface area contributed by atoms with E-state index in [1.54, 1.807) is 11.0 Å². The van der Waals surface area contributed by atoms with E-state index in [0.717, 1.165) is 53.7 Å². The van der Waals surface area contributed by atoms with Crippen molar-refractivity contribution in [2.24, 2.45) is 23.2 Å². The van der Waals surface area contributed by atoms with Crippen LogP contribution in [0.15, 0.2) is 78.4 Å². The molecule has 3 aromatic rings. The molecule has 0 saturated heterocycles. The Hall–Kier alpha value is -3.88. The number of allylic oxidation sites excluding steroid dienone is 2. The molecule has 8 heteroatoms. The van der Waals surface area contributed by atoms with Crippen molar-refractivity contribution < 1.29 is 33.3 Å². The lowest BCUT2D eigenvalue weighted by Gasteiger charge is -2.46. The lowest BCUT2D eigenvalue weighted by atomic mass is 9.64. The number of rotatable bonds is 8. The molecule has 0 aliphatic heterocycles. The van der Waals surface area contributed by atoms with E-state index in [4.69, 9.17) is 4.74 Å². The van der Waals surface area contributed by atoms with Crippen molar-refractivity contribution in [1.82, 2.24) is 4.90 Å². The van der Waals surface area contributed by atoms with Gasteiger partial charge in [-0.25, -0.2) is 13.6 Å². The summed E-state index contributed by atoms with van der Waals surface area (Å²) in [5, 5.41) is 24.1. The van der Waals surface area contributed by atoms with Crippen molar-refractivity contribution in [3.05, 3.63) is 118 Å². The number of nitrogens with zero attached hydrogens (tertiary/aromatic N) is 1. The van der Waals surface area contributed by atoms with Gasteiger partial charge in [0.2, 0.25) is 0 Å². The van der Waals surface area contributed by atoms with Gasteiger partial charge < -0.3 is 19.8 Å². The van der Waals surface area contributed by atoms with Gasteiger partial charge in [0.15, 0.2) is 17.4 Å². The second-order valence-corrected chi connectivity index (χ2v) is 17.5. The van der Waals surface area contributed by atoms with Gasteiger partial charge in [0.25, 0.3) is 0 Å². The van der Waals surface area contributed by atoms with Crippen LogP contribution in [-0.2, 0) is 17.7 Å². The summed E-state index contributed by atoms with van der Waals surface area (Å²) < 4.78 is 34.9. The molecule has 55 heavy (non-hydrogen) atoms. The molecule has 4 aliphatic rings. The Balaban J connectivity index is 1.41. The Bertz CT molecular complexity index is 1860. The maximum atomic E-state index is 14.5. The van der Waals surface area contributed by atoms with Crippen LogP contribution in [0.2, 0.25) is 0 Å². The standard InChI is InChI=1S/C47H59F2NO5/c1-30(2)37-18-14-32(4)24-43(37)55-45(53)50(28-33-11-7-6-8-12-33)29-47(54)23-21-40-38-19-15-34(25-36(51)17-13-31(3)10-9-22-46(40,47)5)26-39(38)44(52)35-16-20-41(48)42(49)27-35/h6-8,10-12,15-16,19-20,26-27,30,32,36-37,40,43,51,54H,9,13-14,17-18,21-25,28-29H2,1-5H3/t32-,36-,37+,40-,43-,46-,47+/m0/s1. The first-order chi connectivity index (χ1) is 26.2. The number of carbonyl (C=O) groups excluding carboxylic acids is 2. The van der Waals surface area contributed by atoms with Crippen LogP contribution in [-0.4, -0.2) is 51.3 Å². The Kier molecular flexibility index (Phi) is 12.7. The van der Waals surface area contributed by atoms with Crippen LogP contribution >= 0.6 is 0 Å². The van der Waals surface area contributed by atoms with E-state index in [-0.39, 0.29) is 36.6 Å². The molecule has 296 valence electrons. The molecule has 2 fully saturated rings. The second kappa shape index (κ2) is 17.1. The molecule has 2 bridgehead atoms. The second-order valence-electron chi connectivity index (χ2n) is 17.5. The molecule has 0 heterocycles. The Morgan fingerprint density at radius 3 is 2.45 bits per heavy atom. The highest BCUT2D eigenvalue weighted by Gasteiger charge is 2.58. The third-order valence-corrected chi connectivity index (χ3v) is 13.2. The number of amides is 1. The highest BCUT2D eigenvalue weighted by atomic mass is 19.2. The van der Waals surface area contributed by atoms with E-state index in [1.807, 2.05) is 42.5 Å². The SMILES string of the molecule is CC1=CCC[C@@]2(C)[C@@H](CC[C@@]2(O)CN(Cc2ccccc2)C(=O)O[C@H]2C[C@@H](C)CC[C@@H]2C(C)C)c2ccc(cc2C(=O)c2ccc(F)c(F)c2)C[C@@H](O)CC1. The van der Waals surface area contributed by atoms with Crippen molar-refractivity contribution in [3.8, 4) is 0 Å². The van der Waals surface area contributed by atoms with Crippen LogP contribution in [0.3, 0.4) is 0 Å². The van der Waals surface area contributed by atoms with Crippen molar-refractivity contribution in [3.63, 3.8) is 0 Å². The third-order valence-electron chi connectivity index (χ3n) is 13.2. The summed E-state index contributed by atoms with van der Waals surface area (Å²) in [5.74, 6) is -1.80. The Labute approximate surface area is 326 Å². The normalized spacial score (nSPS) is 28.6. The zero-order valence-electron chi connectivity index (χ0n) is 33.2. The number of hydrogen-bond acceptors (Lipinski definition) is 5. The van der Waals surface area contributed by atoms with E-state index in [9.17, 15) is 28.6 Å².